The molecule has 2 aromatic rings. The van der Waals surface area contributed by atoms with Gasteiger partial charge in [0.25, 0.3) is 5.91 Å². The van der Waals surface area contributed by atoms with Gasteiger partial charge >= 0.3 is 5.69 Å². The minimum absolute atomic E-state index is 0.0574. The highest BCUT2D eigenvalue weighted by Crippen LogP contribution is 2.36. The number of amides is 1. The first-order valence-electron chi connectivity index (χ1n) is 8.47. The van der Waals surface area contributed by atoms with E-state index in [-0.39, 0.29) is 11.6 Å². The molecule has 0 saturated carbocycles. The SMILES string of the molecule is O=C(c1ccco1)N1CCN(c2ncnc(N3CCC3)c2[N+](=O)[O-])CC1. The molecule has 0 aromatic carbocycles. The molecule has 4 rings (SSSR count). The highest BCUT2D eigenvalue weighted by molar-refractivity contribution is 5.91. The second kappa shape index (κ2) is 6.62. The Balaban J connectivity index is 1.52. The third kappa shape index (κ3) is 2.83. The van der Waals surface area contributed by atoms with Crippen molar-refractivity contribution in [3.8, 4) is 0 Å². The van der Waals surface area contributed by atoms with E-state index in [0.717, 1.165) is 19.5 Å². The van der Waals surface area contributed by atoms with Gasteiger partial charge in [-0.25, -0.2) is 9.97 Å². The summed E-state index contributed by atoms with van der Waals surface area (Å²) in [6.07, 6.45) is 3.84. The standard InChI is InChI=1S/C16H18N6O4/c23-16(12-3-1-10-26-12)21-8-6-20(7-9-21)15-13(22(24)25)14(17-11-18-15)19-4-2-5-19/h1,3,10-11H,2,4-9H2. The van der Waals surface area contributed by atoms with Crippen molar-refractivity contribution in [2.45, 2.75) is 6.42 Å². The molecule has 0 radical (unpaired) electrons. The predicted octanol–water partition coefficient (Wildman–Crippen LogP) is 1.15. The molecule has 2 aliphatic rings. The van der Waals surface area contributed by atoms with E-state index >= 15 is 0 Å². The molecule has 136 valence electrons. The van der Waals surface area contributed by atoms with Crippen LogP contribution < -0.4 is 9.80 Å². The summed E-state index contributed by atoms with van der Waals surface area (Å²) in [5.74, 6) is 0.817. The number of anilines is 2. The van der Waals surface area contributed by atoms with Gasteiger partial charge in [0.15, 0.2) is 5.76 Å². The summed E-state index contributed by atoms with van der Waals surface area (Å²) in [7, 11) is 0. The van der Waals surface area contributed by atoms with Gasteiger partial charge in [-0.1, -0.05) is 0 Å². The van der Waals surface area contributed by atoms with E-state index in [1.807, 2.05) is 9.80 Å². The Kier molecular flexibility index (Phi) is 4.15. The second-order valence-electron chi connectivity index (χ2n) is 6.22. The van der Waals surface area contributed by atoms with Crippen LogP contribution in [0.25, 0.3) is 0 Å². The molecular formula is C16H18N6O4. The fourth-order valence-electron chi connectivity index (χ4n) is 3.19. The number of nitrogens with zero attached hydrogens (tertiary/aromatic N) is 6. The second-order valence-corrected chi connectivity index (χ2v) is 6.22. The number of hydrogen-bond donors (Lipinski definition) is 0. The molecule has 0 spiro atoms. The average molecular weight is 358 g/mol. The number of piperazine rings is 1. The molecular weight excluding hydrogens is 340 g/mol. The van der Waals surface area contributed by atoms with Gasteiger partial charge in [0.05, 0.1) is 11.2 Å². The van der Waals surface area contributed by atoms with Crippen molar-refractivity contribution in [1.82, 2.24) is 14.9 Å². The maximum atomic E-state index is 12.3. The molecule has 0 atom stereocenters. The zero-order valence-corrected chi connectivity index (χ0v) is 14.1. The lowest BCUT2D eigenvalue weighted by Crippen LogP contribution is -2.49. The first kappa shape index (κ1) is 16.3. The summed E-state index contributed by atoms with van der Waals surface area (Å²) < 4.78 is 5.15. The first-order chi connectivity index (χ1) is 12.6. The predicted molar refractivity (Wildman–Crippen MR) is 92.3 cm³/mol. The zero-order chi connectivity index (χ0) is 18.1. The minimum atomic E-state index is -0.413. The molecule has 4 heterocycles. The molecule has 0 aliphatic carbocycles. The molecule has 1 amide bonds. The number of aromatic nitrogens is 2. The Morgan fingerprint density at radius 1 is 1.08 bits per heavy atom. The summed E-state index contributed by atoms with van der Waals surface area (Å²) >= 11 is 0. The van der Waals surface area contributed by atoms with Crippen LogP contribution in [0.3, 0.4) is 0 Å². The van der Waals surface area contributed by atoms with Gasteiger partial charge in [-0.05, 0) is 18.6 Å². The number of hydrogen-bond acceptors (Lipinski definition) is 8. The van der Waals surface area contributed by atoms with E-state index in [4.69, 9.17) is 4.42 Å². The summed E-state index contributed by atoms with van der Waals surface area (Å²) in [4.78, 5) is 37.3. The van der Waals surface area contributed by atoms with Crippen molar-refractivity contribution in [2.24, 2.45) is 0 Å². The Labute approximate surface area is 149 Å². The molecule has 2 aromatic heterocycles. The number of rotatable bonds is 4. The summed E-state index contributed by atoms with van der Waals surface area (Å²) in [6.45, 7) is 3.35. The maximum absolute atomic E-state index is 12.3. The summed E-state index contributed by atoms with van der Waals surface area (Å²) in [5, 5.41) is 11.7. The Morgan fingerprint density at radius 2 is 1.73 bits per heavy atom. The lowest BCUT2D eigenvalue weighted by atomic mass is 10.2. The fraction of sp³-hybridized carbons (Fsp3) is 0.438. The monoisotopic (exact) mass is 358 g/mol. The molecule has 0 N–H and O–H groups in total. The summed E-state index contributed by atoms with van der Waals surface area (Å²) in [6, 6.07) is 3.30. The smallest absolute Gasteiger partial charge is 0.353 e. The average Bonchev–Trinajstić information content (AvgIpc) is 3.14. The first-order valence-corrected chi connectivity index (χ1v) is 8.47. The molecule has 26 heavy (non-hydrogen) atoms. The van der Waals surface area contributed by atoms with Crippen LogP contribution in [0.2, 0.25) is 0 Å². The highest BCUT2D eigenvalue weighted by atomic mass is 16.6. The van der Waals surface area contributed by atoms with E-state index in [2.05, 4.69) is 9.97 Å². The Hall–Kier alpha value is -3.17. The van der Waals surface area contributed by atoms with Crippen LogP contribution in [0.4, 0.5) is 17.3 Å². The fourth-order valence-corrected chi connectivity index (χ4v) is 3.19. The Bertz CT molecular complexity index is 812. The number of carbonyl (C=O) groups excluding carboxylic acids is 1. The van der Waals surface area contributed by atoms with Crippen LogP contribution in [0.15, 0.2) is 29.1 Å². The number of carbonyl (C=O) groups is 1. The van der Waals surface area contributed by atoms with Gasteiger partial charge < -0.3 is 19.1 Å². The molecule has 2 fully saturated rings. The van der Waals surface area contributed by atoms with E-state index < -0.39 is 4.92 Å². The van der Waals surface area contributed by atoms with Gasteiger partial charge in [-0.3, -0.25) is 14.9 Å². The third-order valence-electron chi connectivity index (χ3n) is 4.72. The third-order valence-corrected chi connectivity index (χ3v) is 4.72. The van der Waals surface area contributed by atoms with Crippen LogP contribution in [0.1, 0.15) is 17.0 Å². The molecule has 0 unspecified atom stereocenters. The van der Waals surface area contributed by atoms with Crippen LogP contribution in [-0.2, 0) is 0 Å². The van der Waals surface area contributed by atoms with Crippen molar-refractivity contribution >= 4 is 23.2 Å². The molecule has 2 saturated heterocycles. The topological polar surface area (TPSA) is 109 Å². The van der Waals surface area contributed by atoms with Crippen molar-refractivity contribution in [3.63, 3.8) is 0 Å². The lowest BCUT2D eigenvalue weighted by molar-refractivity contribution is -0.383. The summed E-state index contributed by atoms with van der Waals surface area (Å²) in [5.41, 5.74) is -0.0574. The Morgan fingerprint density at radius 3 is 2.23 bits per heavy atom. The van der Waals surface area contributed by atoms with Crippen LogP contribution >= 0.6 is 0 Å². The van der Waals surface area contributed by atoms with Gasteiger partial charge in [-0.2, -0.15) is 0 Å². The normalized spacial score (nSPS) is 17.2. The molecule has 10 nitrogen and oxygen atoms in total. The maximum Gasteiger partial charge on any atom is 0.353 e. The van der Waals surface area contributed by atoms with Gasteiger partial charge in [-0.15, -0.1) is 0 Å². The lowest BCUT2D eigenvalue weighted by Gasteiger charge is -2.36. The van der Waals surface area contributed by atoms with Crippen molar-refractivity contribution in [1.29, 1.82) is 0 Å². The van der Waals surface area contributed by atoms with Crippen LogP contribution in [0.5, 0.6) is 0 Å². The molecule has 10 heteroatoms. The highest BCUT2D eigenvalue weighted by Gasteiger charge is 2.34. The number of nitro groups is 1. The molecule has 0 bridgehead atoms. The number of furan rings is 1. The van der Waals surface area contributed by atoms with Crippen LogP contribution in [-0.4, -0.2) is 65.0 Å². The van der Waals surface area contributed by atoms with Crippen LogP contribution in [0, 0.1) is 10.1 Å². The van der Waals surface area contributed by atoms with Gasteiger partial charge in [0, 0.05) is 39.3 Å². The van der Waals surface area contributed by atoms with Crippen molar-refractivity contribution in [2.75, 3.05) is 49.1 Å². The zero-order valence-electron chi connectivity index (χ0n) is 14.1. The molecule has 2 aliphatic heterocycles. The van der Waals surface area contributed by atoms with E-state index in [9.17, 15) is 14.9 Å². The van der Waals surface area contributed by atoms with Gasteiger partial charge in [0.2, 0.25) is 11.6 Å². The van der Waals surface area contributed by atoms with E-state index in [1.54, 1.807) is 17.0 Å². The van der Waals surface area contributed by atoms with E-state index in [0.29, 0.717) is 43.6 Å². The van der Waals surface area contributed by atoms with Crippen molar-refractivity contribution < 1.29 is 14.1 Å². The van der Waals surface area contributed by atoms with E-state index in [1.165, 1.54) is 12.6 Å². The van der Waals surface area contributed by atoms with Crippen molar-refractivity contribution in [3.05, 3.63) is 40.6 Å². The minimum Gasteiger partial charge on any atom is -0.459 e. The quantitative estimate of drug-likeness (QED) is 0.591. The largest absolute Gasteiger partial charge is 0.459 e. The van der Waals surface area contributed by atoms with Gasteiger partial charge in [0.1, 0.15) is 6.33 Å².